The third kappa shape index (κ3) is 2.49. The molecule has 0 aliphatic rings. The van der Waals surface area contributed by atoms with Crippen LogP contribution in [0.4, 0.5) is 0 Å². The molecule has 4 nitrogen and oxygen atoms in total. The number of sulfone groups is 1. The number of hydrogen-bond acceptors (Lipinski definition) is 4. The molecule has 112 valence electrons. The van der Waals surface area contributed by atoms with Gasteiger partial charge in [-0.15, -0.1) is 0 Å². The summed E-state index contributed by atoms with van der Waals surface area (Å²) in [4.78, 5) is -0.0837. The van der Waals surface area contributed by atoms with Gasteiger partial charge in [0.1, 0.15) is 16.4 Å². The lowest BCUT2D eigenvalue weighted by Gasteiger charge is -2.15. The predicted octanol–water partition coefficient (Wildman–Crippen LogP) is 3.16. The van der Waals surface area contributed by atoms with Crippen LogP contribution in [0, 0.1) is 27.7 Å². The van der Waals surface area contributed by atoms with Crippen molar-refractivity contribution in [3.05, 3.63) is 46.5 Å². The van der Waals surface area contributed by atoms with Crippen molar-refractivity contribution in [1.82, 2.24) is 0 Å². The third-order valence-corrected chi connectivity index (χ3v) is 5.75. The van der Waals surface area contributed by atoms with E-state index >= 15 is 0 Å². The highest BCUT2D eigenvalue weighted by molar-refractivity contribution is 7.91. The van der Waals surface area contributed by atoms with Gasteiger partial charge in [0, 0.05) is 5.56 Å². The minimum absolute atomic E-state index is 0.0176. The van der Waals surface area contributed by atoms with E-state index in [9.17, 15) is 18.6 Å². The number of aromatic hydroxyl groups is 2. The van der Waals surface area contributed by atoms with E-state index in [2.05, 4.69) is 0 Å². The number of aryl methyl sites for hydroxylation is 2. The molecule has 0 spiro atoms. The first-order chi connectivity index (χ1) is 9.66. The molecular formula is C16H18O4S. The van der Waals surface area contributed by atoms with Gasteiger partial charge in [-0.1, -0.05) is 6.07 Å². The molecule has 21 heavy (non-hydrogen) atoms. The number of hydrogen-bond donors (Lipinski definition) is 2. The molecule has 0 fully saturated rings. The van der Waals surface area contributed by atoms with E-state index in [1.807, 2.05) is 0 Å². The van der Waals surface area contributed by atoms with E-state index < -0.39 is 9.84 Å². The van der Waals surface area contributed by atoms with Crippen LogP contribution >= 0.6 is 0 Å². The van der Waals surface area contributed by atoms with Crippen LogP contribution in [0.25, 0.3) is 0 Å². The normalized spacial score (nSPS) is 11.6. The lowest BCUT2D eigenvalue weighted by molar-refractivity contribution is 0.456. The Balaban J connectivity index is 2.84. The van der Waals surface area contributed by atoms with Crippen LogP contribution in [0.2, 0.25) is 0 Å². The average Bonchev–Trinajstić information content (AvgIpc) is 2.38. The summed E-state index contributed by atoms with van der Waals surface area (Å²) in [5.74, 6) is -0.350. The summed E-state index contributed by atoms with van der Waals surface area (Å²) < 4.78 is 25.8. The van der Waals surface area contributed by atoms with Crippen LogP contribution in [-0.2, 0) is 9.84 Å². The number of benzene rings is 2. The topological polar surface area (TPSA) is 74.6 Å². The highest BCUT2D eigenvalue weighted by Gasteiger charge is 2.27. The van der Waals surface area contributed by atoms with E-state index in [1.54, 1.807) is 33.8 Å². The van der Waals surface area contributed by atoms with E-state index in [4.69, 9.17) is 0 Å². The van der Waals surface area contributed by atoms with E-state index in [0.717, 1.165) is 5.56 Å². The van der Waals surface area contributed by atoms with E-state index in [0.29, 0.717) is 11.1 Å². The van der Waals surface area contributed by atoms with Crippen molar-refractivity contribution in [1.29, 1.82) is 0 Å². The molecule has 5 heteroatoms. The van der Waals surface area contributed by atoms with Crippen molar-refractivity contribution in [2.45, 2.75) is 37.5 Å². The third-order valence-electron chi connectivity index (χ3n) is 3.69. The standard InChI is InChI=1S/C16H18O4S/c1-9-7-14(18)12(4)15(8-9)21(19,20)16-11(3)10(2)5-6-13(16)17/h5-8,17-18H,1-4H3. The minimum Gasteiger partial charge on any atom is -0.508 e. The lowest BCUT2D eigenvalue weighted by atomic mass is 10.1. The van der Waals surface area contributed by atoms with Gasteiger partial charge in [-0.05, 0) is 62.6 Å². The first-order valence-corrected chi connectivity index (χ1v) is 7.99. The zero-order valence-electron chi connectivity index (χ0n) is 12.4. The Hall–Kier alpha value is -2.01. The van der Waals surface area contributed by atoms with Crippen molar-refractivity contribution in [2.24, 2.45) is 0 Å². The molecule has 0 aliphatic carbocycles. The molecule has 0 amide bonds. The van der Waals surface area contributed by atoms with E-state index in [1.165, 1.54) is 18.2 Å². The highest BCUT2D eigenvalue weighted by Crippen LogP contribution is 2.36. The Morgan fingerprint density at radius 3 is 2.10 bits per heavy atom. The van der Waals surface area contributed by atoms with Crippen molar-refractivity contribution >= 4 is 9.84 Å². The summed E-state index contributed by atoms with van der Waals surface area (Å²) in [7, 11) is -3.91. The highest BCUT2D eigenvalue weighted by atomic mass is 32.2. The number of phenolic OH excluding ortho intramolecular Hbond substituents is 2. The fourth-order valence-electron chi connectivity index (χ4n) is 2.31. The molecule has 2 aromatic carbocycles. The van der Waals surface area contributed by atoms with Gasteiger partial charge >= 0.3 is 0 Å². The molecule has 2 aromatic rings. The molecule has 2 rings (SSSR count). The first kappa shape index (κ1) is 15.4. The van der Waals surface area contributed by atoms with Gasteiger partial charge < -0.3 is 10.2 Å². The van der Waals surface area contributed by atoms with E-state index in [-0.39, 0.29) is 26.9 Å². The summed E-state index contributed by atoms with van der Waals surface area (Å²) in [6, 6.07) is 6.06. The van der Waals surface area contributed by atoms with Crippen LogP contribution in [0.5, 0.6) is 11.5 Å². The van der Waals surface area contributed by atoms with Crippen LogP contribution in [0.1, 0.15) is 22.3 Å². The van der Waals surface area contributed by atoms with Gasteiger partial charge in [-0.25, -0.2) is 8.42 Å². The van der Waals surface area contributed by atoms with Gasteiger partial charge in [-0.2, -0.15) is 0 Å². The van der Waals surface area contributed by atoms with Crippen molar-refractivity contribution in [3.63, 3.8) is 0 Å². The lowest BCUT2D eigenvalue weighted by Crippen LogP contribution is -2.08. The van der Waals surface area contributed by atoms with Gasteiger partial charge in [0.05, 0.1) is 4.90 Å². The minimum atomic E-state index is -3.91. The maximum absolute atomic E-state index is 12.9. The summed E-state index contributed by atoms with van der Waals surface area (Å²) in [6.45, 7) is 6.70. The van der Waals surface area contributed by atoms with Crippen LogP contribution in [-0.4, -0.2) is 18.6 Å². The van der Waals surface area contributed by atoms with Crippen LogP contribution < -0.4 is 0 Å². The maximum Gasteiger partial charge on any atom is 0.210 e. The molecule has 0 bridgehead atoms. The van der Waals surface area contributed by atoms with Crippen LogP contribution in [0.3, 0.4) is 0 Å². The molecule has 0 aromatic heterocycles. The SMILES string of the molecule is Cc1cc(O)c(C)c(S(=O)(=O)c2c(O)ccc(C)c2C)c1. The molecule has 0 aliphatic heterocycles. The van der Waals surface area contributed by atoms with Crippen molar-refractivity contribution < 1.29 is 18.6 Å². The summed E-state index contributed by atoms with van der Waals surface area (Å²) in [5.41, 5.74) is 2.21. The van der Waals surface area contributed by atoms with Crippen molar-refractivity contribution in [3.8, 4) is 11.5 Å². The summed E-state index contributed by atoms with van der Waals surface area (Å²) >= 11 is 0. The van der Waals surface area contributed by atoms with Gasteiger partial charge in [0.15, 0.2) is 0 Å². The Kier molecular flexibility index (Phi) is 3.72. The fourth-order valence-corrected chi connectivity index (χ4v) is 4.29. The second kappa shape index (κ2) is 5.07. The summed E-state index contributed by atoms with van der Waals surface area (Å²) in [6.07, 6.45) is 0. The maximum atomic E-state index is 12.9. The Morgan fingerprint density at radius 1 is 0.857 bits per heavy atom. The van der Waals surface area contributed by atoms with Crippen LogP contribution in [0.15, 0.2) is 34.1 Å². The molecule has 0 saturated heterocycles. The molecule has 0 atom stereocenters. The molecule has 0 heterocycles. The quantitative estimate of drug-likeness (QED) is 0.893. The Labute approximate surface area is 124 Å². The first-order valence-electron chi connectivity index (χ1n) is 6.50. The number of rotatable bonds is 2. The largest absolute Gasteiger partial charge is 0.508 e. The zero-order valence-corrected chi connectivity index (χ0v) is 13.2. The Morgan fingerprint density at radius 2 is 1.48 bits per heavy atom. The second-order valence-corrected chi connectivity index (χ2v) is 7.12. The van der Waals surface area contributed by atoms with Crippen molar-refractivity contribution in [2.75, 3.05) is 0 Å². The molecule has 0 unspecified atom stereocenters. The molecular weight excluding hydrogens is 288 g/mol. The smallest absolute Gasteiger partial charge is 0.210 e. The molecule has 0 radical (unpaired) electrons. The second-order valence-electron chi connectivity index (χ2n) is 5.27. The number of phenols is 2. The predicted molar refractivity (Wildman–Crippen MR) is 80.6 cm³/mol. The summed E-state index contributed by atoms with van der Waals surface area (Å²) in [5, 5.41) is 19.9. The van der Waals surface area contributed by atoms with Gasteiger partial charge in [0.25, 0.3) is 0 Å². The average molecular weight is 306 g/mol. The molecule has 0 saturated carbocycles. The van der Waals surface area contributed by atoms with Gasteiger partial charge in [-0.3, -0.25) is 0 Å². The fraction of sp³-hybridized carbons (Fsp3) is 0.250. The Bertz CT molecular complexity index is 821. The monoisotopic (exact) mass is 306 g/mol. The zero-order chi connectivity index (χ0) is 15.9. The molecule has 2 N–H and O–H groups in total. The van der Waals surface area contributed by atoms with Gasteiger partial charge in [0.2, 0.25) is 9.84 Å².